The second kappa shape index (κ2) is 6.20. The molecule has 1 aliphatic rings. The van der Waals surface area contributed by atoms with Crippen molar-refractivity contribution in [1.29, 1.82) is 0 Å². The third kappa shape index (κ3) is 3.92. The first-order valence-electron chi connectivity index (χ1n) is 6.70. The van der Waals surface area contributed by atoms with Crippen LogP contribution in [-0.4, -0.2) is 16.0 Å². The normalized spacial score (nSPS) is 14.2. The van der Waals surface area contributed by atoms with Crippen LogP contribution in [0.2, 0.25) is 5.02 Å². The molecule has 104 valence electrons. The molecule has 0 saturated heterocycles. The van der Waals surface area contributed by atoms with Crippen LogP contribution in [0.25, 0.3) is 0 Å². The number of hydrogen-bond donors (Lipinski definition) is 1. The Morgan fingerprint density at radius 3 is 2.85 bits per heavy atom. The Hall–Kier alpha value is -1.65. The number of pyridine rings is 2. The van der Waals surface area contributed by atoms with Gasteiger partial charge in [0.05, 0.1) is 16.9 Å². The third-order valence-electron chi connectivity index (χ3n) is 3.12. The van der Waals surface area contributed by atoms with E-state index in [1.54, 1.807) is 18.5 Å². The van der Waals surface area contributed by atoms with E-state index in [1.807, 2.05) is 12.3 Å². The van der Waals surface area contributed by atoms with Crippen molar-refractivity contribution in [2.45, 2.75) is 32.0 Å². The first-order chi connectivity index (χ1) is 9.79. The van der Waals surface area contributed by atoms with Crippen LogP contribution in [0.5, 0.6) is 5.75 Å². The van der Waals surface area contributed by atoms with E-state index in [2.05, 4.69) is 21.4 Å². The summed E-state index contributed by atoms with van der Waals surface area (Å²) < 4.78 is 5.60. The molecule has 2 aromatic rings. The standard InChI is InChI=1S/C15H16ClN3O/c16-12-5-15(9-17-8-12)20-10-14-2-1-11(7-19-14)6-18-13-3-4-13/h1-2,5,7-9,13,18H,3-4,6,10H2. The van der Waals surface area contributed by atoms with E-state index < -0.39 is 0 Å². The van der Waals surface area contributed by atoms with Crippen molar-refractivity contribution in [1.82, 2.24) is 15.3 Å². The molecule has 3 rings (SSSR count). The van der Waals surface area contributed by atoms with Gasteiger partial charge in [0.15, 0.2) is 0 Å². The molecule has 2 heterocycles. The smallest absolute Gasteiger partial charge is 0.139 e. The quantitative estimate of drug-likeness (QED) is 0.888. The number of hydrogen-bond acceptors (Lipinski definition) is 4. The Morgan fingerprint density at radius 2 is 2.15 bits per heavy atom. The molecule has 4 nitrogen and oxygen atoms in total. The number of nitrogens with zero attached hydrogens (tertiary/aromatic N) is 2. The predicted octanol–water partition coefficient (Wildman–Crippen LogP) is 2.96. The van der Waals surface area contributed by atoms with Crippen molar-refractivity contribution in [3.63, 3.8) is 0 Å². The molecule has 1 N–H and O–H groups in total. The van der Waals surface area contributed by atoms with Gasteiger partial charge in [-0.3, -0.25) is 9.97 Å². The van der Waals surface area contributed by atoms with Crippen molar-refractivity contribution >= 4 is 11.6 Å². The zero-order chi connectivity index (χ0) is 13.8. The van der Waals surface area contributed by atoms with Crippen LogP contribution in [0.4, 0.5) is 0 Å². The minimum atomic E-state index is 0.415. The SMILES string of the molecule is Clc1cncc(OCc2ccc(CNC3CC3)cn2)c1. The Balaban J connectivity index is 1.52. The molecule has 0 atom stereocenters. The summed E-state index contributed by atoms with van der Waals surface area (Å²) in [6.45, 7) is 1.30. The molecule has 1 saturated carbocycles. The van der Waals surface area contributed by atoms with E-state index in [9.17, 15) is 0 Å². The molecule has 5 heteroatoms. The average molecular weight is 290 g/mol. The van der Waals surface area contributed by atoms with E-state index in [0.717, 1.165) is 12.2 Å². The van der Waals surface area contributed by atoms with Gasteiger partial charge in [-0.25, -0.2) is 0 Å². The molecule has 0 amide bonds. The lowest BCUT2D eigenvalue weighted by Crippen LogP contribution is -2.15. The second-order valence-electron chi connectivity index (χ2n) is 4.94. The molecule has 0 bridgehead atoms. The maximum absolute atomic E-state index is 5.85. The van der Waals surface area contributed by atoms with Crippen LogP contribution < -0.4 is 10.1 Å². The fourth-order valence-electron chi connectivity index (χ4n) is 1.82. The molecule has 2 aromatic heterocycles. The van der Waals surface area contributed by atoms with Crippen molar-refractivity contribution in [2.24, 2.45) is 0 Å². The van der Waals surface area contributed by atoms with Gasteiger partial charge in [-0.1, -0.05) is 17.7 Å². The summed E-state index contributed by atoms with van der Waals surface area (Å²) in [6.07, 6.45) is 7.71. The van der Waals surface area contributed by atoms with Gasteiger partial charge in [0.25, 0.3) is 0 Å². The highest BCUT2D eigenvalue weighted by atomic mass is 35.5. The van der Waals surface area contributed by atoms with Crippen LogP contribution in [0.15, 0.2) is 36.8 Å². The number of nitrogens with one attached hydrogen (secondary N) is 1. The van der Waals surface area contributed by atoms with Crippen molar-refractivity contribution < 1.29 is 4.74 Å². The molecular weight excluding hydrogens is 274 g/mol. The monoisotopic (exact) mass is 289 g/mol. The topological polar surface area (TPSA) is 47.0 Å². The molecule has 1 fully saturated rings. The van der Waals surface area contributed by atoms with Crippen LogP contribution in [0.3, 0.4) is 0 Å². The Kier molecular flexibility index (Phi) is 4.14. The van der Waals surface area contributed by atoms with E-state index >= 15 is 0 Å². The van der Waals surface area contributed by atoms with E-state index in [4.69, 9.17) is 16.3 Å². The van der Waals surface area contributed by atoms with Crippen molar-refractivity contribution in [3.8, 4) is 5.75 Å². The van der Waals surface area contributed by atoms with Crippen molar-refractivity contribution in [3.05, 3.63) is 53.1 Å². The molecule has 20 heavy (non-hydrogen) atoms. The maximum Gasteiger partial charge on any atom is 0.139 e. The Labute approximate surface area is 123 Å². The fraction of sp³-hybridized carbons (Fsp3) is 0.333. The highest BCUT2D eigenvalue weighted by molar-refractivity contribution is 6.30. The maximum atomic E-state index is 5.85. The molecule has 0 spiro atoms. The van der Waals surface area contributed by atoms with Crippen LogP contribution in [0, 0.1) is 0 Å². The van der Waals surface area contributed by atoms with Gasteiger partial charge in [0.1, 0.15) is 12.4 Å². The molecule has 0 aliphatic heterocycles. The summed E-state index contributed by atoms with van der Waals surface area (Å²) in [5.41, 5.74) is 2.09. The van der Waals surface area contributed by atoms with Gasteiger partial charge in [-0.05, 0) is 24.5 Å². The summed E-state index contributed by atoms with van der Waals surface area (Å²) in [5, 5.41) is 4.03. The molecule has 0 unspecified atom stereocenters. The number of aromatic nitrogens is 2. The molecule has 1 aliphatic carbocycles. The van der Waals surface area contributed by atoms with Crippen LogP contribution in [-0.2, 0) is 13.2 Å². The molecule has 0 aromatic carbocycles. The largest absolute Gasteiger partial charge is 0.486 e. The lowest BCUT2D eigenvalue weighted by Gasteiger charge is -2.07. The highest BCUT2D eigenvalue weighted by Crippen LogP contribution is 2.19. The number of halogens is 1. The number of ether oxygens (including phenoxy) is 1. The summed E-state index contributed by atoms with van der Waals surface area (Å²) in [5.74, 6) is 0.652. The van der Waals surface area contributed by atoms with E-state index in [1.165, 1.54) is 18.4 Å². The van der Waals surface area contributed by atoms with Gasteiger partial charge in [-0.15, -0.1) is 0 Å². The van der Waals surface area contributed by atoms with Crippen molar-refractivity contribution in [2.75, 3.05) is 0 Å². The van der Waals surface area contributed by atoms with Gasteiger partial charge >= 0.3 is 0 Å². The van der Waals surface area contributed by atoms with E-state index in [-0.39, 0.29) is 0 Å². The summed E-state index contributed by atoms with van der Waals surface area (Å²) in [7, 11) is 0. The highest BCUT2D eigenvalue weighted by Gasteiger charge is 2.19. The first kappa shape index (κ1) is 13.3. The average Bonchev–Trinajstić information content (AvgIpc) is 3.28. The van der Waals surface area contributed by atoms with Gasteiger partial charge in [-0.2, -0.15) is 0 Å². The minimum Gasteiger partial charge on any atom is -0.486 e. The predicted molar refractivity (Wildman–Crippen MR) is 77.7 cm³/mol. The zero-order valence-corrected chi connectivity index (χ0v) is 11.8. The van der Waals surface area contributed by atoms with E-state index in [0.29, 0.717) is 23.4 Å². The van der Waals surface area contributed by atoms with Gasteiger partial charge in [0.2, 0.25) is 0 Å². The zero-order valence-electron chi connectivity index (χ0n) is 11.1. The Bertz CT molecular complexity index is 570. The lowest BCUT2D eigenvalue weighted by molar-refractivity contribution is 0.300. The summed E-state index contributed by atoms with van der Waals surface area (Å²) >= 11 is 5.85. The second-order valence-corrected chi connectivity index (χ2v) is 5.38. The first-order valence-corrected chi connectivity index (χ1v) is 7.08. The van der Waals surface area contributed by atoms with Gasteiger partial charge in [0, 0.05) is 31.0 Å². The fourth-order valence-corrected chi connectivity index (χ4v) is 1.99. The summed E-state index contributed by atoms with van der Waals surface area (Å²) in [6, 6.07) is 6.52. The number of rotatable bonds is 6. The Morgan fingerprint density at radius 1 is 1.25 bits per heavy atom. The van der Waals surface area contributed by atoms with Crippen LogP contribution in [0.1, 0.15) is 24.1 Å². The molecule has 0 radical (unpaired) electrons. The minimum absolute atomic E-state index is 0.415. The molecular formula is C15H16ClN3O. The lowest BCUT2D eigenvalue weighted by atomic mass is 10.2. The van der Waals surface area contributed by atoms with Gasteiger partial charge < -0.3 is 10.1 Å². The summed E-state index contributed by atoms with van der Waals surface area (Å²) in [4.78, 5) is 8.37. The third-order valence-corrected chi connectivity index (χ3v) is 3.33. The van der Waals surface area contributed by atoms with Crippen LogP contribution >= 0.6 is 11.6 Å².